The van der Waals surface area contributed by atoms with Gasteiger partial charge in [-0.25, -0.2) is 0 Å². The van der Waals surface area contributed by atoms with E-state index in [-0.39, 0.29) is 6.54 Å². The van der Waals surface area contributed by atoms with Crippen molar-refractivity contribution in [2.24, 2.45) is 5.92 Å². The zero-order chi connectivity index (χ0) is 14.7. The smallest absolute Gasteiger partial charge is 0.279 e. The lowest BCUT2D eigenvalue weighted by Crippen LogP contribution is -2.46. The average Bonchev–Trinajstić information content (AvgIpc) is 3.17. The molecule has 1 saturated carbocycles. The van der Waals surface area contributed by atoms with Gasteiger partial charge in [0.2, 0.25) is 0 Å². The first kappa shape index (κ1) is 15.0. The van der Waals surface area contributed by atoms with Crippen LogP contribution in [0, 0.1) is 5.92 Å². The lowest BCUT2D eigenvalue weighted by molar-refractivity contribution is 0.264. The predicted molar refractivity (Wildman–Crippen MR) is 77.6 cm³/mol. The number of hydrogen-bond donors (Lipinski definition) is 2. The Balaban J connectivity index is 1.43. The summed E-state index contributed by atoms with van der Waals surface area (Å²) in [6, 6.07) is 2.37. The van der Waals surface area contributed by atoms with Gasteiger partial charge >= 0.3 is 0 Å². The van der Waals surface area contributed by atoms with Gasteiger partial charge in [0, 0.05) is 25.2 Å². The van der Waals surface area contributed by atoms with Crippen molar-refractivity contribution >= 4 is 10.2 Å². The summed E-state index contributed by atoms with van der Waals surface area (Å²) in [7, 11) is -3.42. The Labute approximate surface area is 125 Å². The van der Waals surface area contributed by atoms with Crippen molar-refractivity contribution in [2.75, 3.05) is 19.6 Å². The topological polar surface area (TPSA) is 87.5 Å². The third-order valence-electron chi connectivity index (χ3n) is 4.11. The van der Waals surface area contributed by atoms with E-state index in [1.807, 2.05) is 0 Å². The molecule has 21 heavy (non-hydrogen) atoms. The highest BCUT2D eigenvalue weighted by Gasteiger charge is 2.29. The molecule has 0 atom stereocenters. The molecule has 1 aromatic rings. The van der Waals surface area contributed by atoms with Crippen LogP contribution in [0.25, 0.3) is 0 Å². The summed E-state index contributed by atoms with van der Waals surface area (Å²) < 4.78 is 33.2. The number of nitrogens with one attached hydrogen (secondary N) is 2. The summed E-state index contributed by atoms with van der Waals surface area (Å²) in [4.78, 5) is 0. The van der Waals surface area contributed by atoms with Crippen LogP contribution in [0.15, 0.2) is 16.9 Å². The normalized spacial score (nSPS) is 21.7. The van der Waals surface area contributed by atoms with Crippen molar-refractivity contribution in [3.63, 3.8) is 0 Å². The van der Waals surface area contributed by atoms with Crippen LogP contribution in [0.5, 0.6) is 0 Å². The molecule has 0 spiro atoms. The molecule has 0 amide bonds. The highest BCUT2D eigenvalue weighted by molar-refractivity contribution is 7.87. The second kappa shape index (κ2) is 6.43. The van der Waals surface area contributed by atoms with Gasteiger partial charge in [0.15, 0.2) is 0 Å². The molecule has 8 heteroatoms. The molecule has 0 aromatic carbocycles. The molecule has 7 nitrogen and oxygen atoms in total. The van der Waals surface area contributed by atoms with Crippen LogP contribution < -0.4 is 10.0 Å². The molecule has 0 bridgehead atoms. The highest BCUT2D eigenvalue weighted by atomic mass is 32.2. The Morgan fingerprint density at radius 2 is 2.05 bits per heavy atom. The summed E-state index contributed by atoms with van der Waals surface area (Å²) in [5.41, 5.74) is 0.585. The molecule has 1 aromatic heterocycles. The molecule has 1 aliphatic heterocycles. The van der Waals surface area contributed by atoms with E-state index in [0.29, 0.717) is 24.7 Å². The lowest BCUT2D eigenvalue weighted by Gasteiger charge is -2.31. The van der Waals surface area contributed by atoms with Crippen molar-refractivity contribution in [1.82, 2.24) is 19.5 Å². The number of piperidine rings is 1. The first-order chi connectivity index (χ1) is 10.1. The summed E-state index contributed by atoms with van der Waals surface area (Å²) in [6.07, 6.45) is 5.86. The van der Waals surface area contributed by atoms with Crippen molar-refractivity contribution < 1.29 is 12.9 Å². The first-order valence-corrected chi connectivity index (χ1v) is 8.95. The molecular formula is C13H22N4O3S. The van der Waals surface area contributed by atoms with Crippen LogP contribution in [0.1, 0.15) is 31.4 Å². The molecule has 2 aliphatic rings. The minimum atomic E-state index is -3.42. The molecule has 1 saturated heterocycles. The summed E-state index contributed by atoms with van der Waals surface area (Å²) in [5, 5.41) is 7.22. The predicted octanol–water partition coefficient (Wildman–Crippen LogP) is 0.473. The van der Waals surface area contributed by atoms with Gasteiger partial charge in [-0.1, -0.05) is 5.16 Å². The summed E-state index contributed by atoms with van der Waals surface area (Å²) >= 11 is 0. The monoisotopic (exact) mass is 314 g/mol. The van der Waals surface area contributed by atoms with Gasteiger partial charge in [0.05, 0.1) is 12.2 Å². The highest BCUT2D eigenvalue weighted by Crippen LogP contribution is 2.22. The van der Waals surface area contributed by atoms with Crippen molar-refractivity contribution in [3.8, 4) is 0 Å². The molecule has 0 radical (unpaired) electrons. The van der Waals surface area contributed by atoms with Gasteiger partial charge in [-0.2, -0.15) is 17.4 Å². The minimum absolute atomic E-state index is 0.169. The number of aromatic nitrogens is 1. The van der Waals surface area contributed by atoms with Gasteiger partial charge < -0.3 is 9.84 Å². The average molecular weight is 314 g/mol. The fraction of sp³-hybridized carbons (Fsp3) is 0.769. The number of nitrogens with zero attached hydrogens (tertiary/aromatic N) is 2. The standard InChI is InChI=1S/C13H22N4O3S/c18-21(19,15-10-13-5-8-20-16-13)17-6-3-11(4-7-17)9-14-12-1-2-12/h5,8,11-12,14-15H,1-4,6-7,9-10H2. The Morgan fingerprint density at radius 1 is 1.29 bits per heavy atom. The van der Waals surface area contributed by atoms with Gasteiger partial charge in [0.1, 0.15) is 6.26 Å². The van der Waals surface area contributed by atoms with Crippen LogP contribution >= 0.6 is 0 Å². The second-order valence-electron chi connectivity index (χ2n) is 5.84. The fourth-order valence-electron chi connectivity index (χ4n) is 2.56. The number of hydrogen-bond acceptors (Lipinski definition) is 5. The summed E-state index contributed by atoms with van der Waals surface area (Å²) in [5.74, 6) is 0.590. The Bertz CT molecular complexity index is 534. The van der Waals surface area contributed by atoms with Gasteiger partial charge in [-0.05, 0) is 38.1 Å². The number of rotatable bonds is 7. The van der Waals surface area contributed by atoms with Crippen molar-refractivity contribution in [2.45, 2.75) is 38.3 Å². The third-order valence-corrected chi connectivity index (χ3v) is 5.67. The Kier molecular flexibility index (Phi) is 4.58. The largest absolute Gasteiger partial charge is 0.364 e. The Hall–Kier alpha value is -0.960. The van der Waals surface area contributed by atoms with E-state index in [4.69, 9.17) is 0 Å². The van der Waals surface area contributed by atoms with E-state index in [1.54, 1.807) is 6.07 Å². The van der Waals surface area contributed by atoms with E-state index in [9.17, 15) is 8.42 Å². The van der Waals surface area contributed by atoms with Crippen molar-refractivity contribution in [3.05, 3.63) is 18.0 Å². The van der Waals surface area contributed by atoms with E-state index in [2.05, 4.69) is 19.7 Å². The zero-order valence-electron chi connectivity index (χ0n) is 12.0. The maximum Gasteiger partial charge on any atom is 0.279 e. The quantitative estimate of drug-likeness (QED) is 0.764. The summed E-state index contributed by atoms with van der Waals surface area (Å²) in [6.45, 7) is 2.36. The van der Waals surface area contributed by atoms with E-state index >= 15 is 0 Å². The van der Waals surface area contributed by atoms with Crippen LogP contribution in [0.2, 0.25) is 0 Å². The molecule has 2 heterocycles. The SMILES string of the molecule is O=S(=O)(NCc1ccon1)N1CCC(CNC2CC2)CC1. The lowest BCUT2D eigenvalue weighted by atomic mass is 9.98. The van der Waals surface area contributed by atoms with Crippen LogP contribution in [-0.4, -0.2) is 43.6 Å². The van der Waals surface area contributed by atoms with Gasteiger partial charge in [-0.3, -0.25) is 0 Å². The molecule has 118 valence electrons. The van der Waals surface area contributed by atoms with E-state index in [1.165, 1.54) is 23.4 Å². The maximum atomic E-state index is 12.2. The van der Waals surface area contributed by atoms with Gasteiger partial charge in [-0.15, -0.1) is 0 Å². The van der Waals surface area contributed by atoms with Crippen LogP contribution in [-0.2, 0) is 16.8 Å². The molecule has 3 rings (SSSR count). The second-order valence-corrected chi connectivity index (χ2v) is 7.60. The van der Waals surface area contributed by atoms with Crippen molar-refractivity contribution in [1.29, 1.82) is 0 Å². The molecule has 2 fully saturated rings. The molecule has 1 aliphatic carbocycles. The first-order valence-electron chi connectivity index (χ1n) is 7.51. The fourth-order valence-corrected chi connectivity index (χ4v) is 3.76. The molecule has 2 N–H and O–H groups in total. The van der Waals surface area contributed by atoms with E-state index in [0.717, 1.165) is 25.4 Å². The van der Waals surface area contributed by atoms with Crippen LogP contribution in [0.4, 0.5) is 0 Å². The van der Waals surface area contributed by atoms with Gasteiger partial charge in [0.25, 0.3) is 10.2 Å². The molecular weight excluding hydrogens is 292 g/mol. The Morgan fingerprint density at radius 3 is 2.67 bits per heavy atom. The van der Waals surface area contributed by atoms with Crippen LogP contribution in [0.3, 0.4) is 0 Å². The minimum Gasteiger partial charge on any atom is -0.364 e. The zero-order valence-corrected chi connectivity index (χ0v) is 12.8. The maximum absolute atomic E-state index is 12.2. The molecule has 0 unspecified atom stereocenters. The van der Waals surface area contributed by atoms with E-state index < -0.39 is 10.2 Å². The third kappa shape index (κ3) is 4.26.